The lowest BCUT2D eigenvalue weighted by atomic mass is 9.85. The van der Waals surface area contributed by atoms with Gasteiger partial charge in [0.25, 0.3) is 0 Å². The van der Waals surface area contributed by atoms with Gasteiger partial charge >= 0.3 is 0 Å². The molecule has 2 aromatic heterocycles. The zero-order valence-corrected chi connectivity index (χ0v) is 44.7. The van der Waals surface area contributed by atoms with Crippen LogP contribution in [0.25, 0.3) is 98.8 Å². The summed E-state index contributed by atoms with van der Waals surface area (Å²) in [4.78, 5) is 10.4. The van der Waals surface area contributed by atoms with E-state index in [2.05, 4.69) is 283 Å². The summed E-state index contributed by atoms with van der Waals surface area (Å²) in [6.45, 7) is 0.652. The summed E-state index contributed by atoms with van der Waals surface area (Å²) < 4.78 is 15.1. The highest BCUT2D eigenvalue weighted by Crippen LogP contribution is 2.52. The minimum absolute atomic E-state index is 0.1000. The highest BCUT2D eigenvalue weighted by Gasteiger charge is 2.32. The predicted octanol–water partition coefficient (Wildman–Crippen LogP) is 20.0. The van der Waals surface area contributed by atoms with Gasteiger partial charge in [-0.3, -0.25) is 0 Å². The van der Waals surface area contributed by atoms with Crippen molar-refractivity contribution >= 4 is 99.3 Å². The second-order valence-corrected chi connectivity index (χ2v) is 21.3. The molecule has 11 aromatic carbocycles. The number of benzene rings is 11. The van der Waals surface area contributed by atoms with E-state index in [0.29, 0.717) is 6.54 Å². The number of allylic oxidation sites excluding steroid dienone is 6. The van der Waals surface area contributed by atoms with Crippen molar-refractivity contribution in [3.63, 3.8) is 0 Å². The number of hydrogen-bond donors (Lipinski definition) is 0. The molecule has 5 nitrogen and oxygen atoms in total. The maximum Gasteiger partial charge on any atom is 0.146 e. The Bertz CT molecular complexity index is 4910. The van der Waals surface area contributed by atoms with Gasteiger partial charge in [0.2, 0.25) is 0 Å². The Morgan fingerprint density at radius 2 is 1.00 bits per heavy atom. The molecule has 1 atom stereocenters. The second kappa shape index (κ2) is 19.6. The van der Waals surface area contributed by atoms with Crippen LogP contribution in [-0.4, -0.2) is 18.3 Å². The summed E-state index contributed by atoms with van der Waals surface area (Å²) in [7, 11) is 0. The number of para-hydroxylation sites is 1. The molecular formula is C77H51N3O2. The molecule has 2 aliphatic heterocycles. The zero-order chi connectivity index (χ0) is 54.1. The van der Waals surface area contributed by atoms with Crippen molar-refractivity contribution in [3.05, 3.63) is 319 Å². The number of rotatable bonds is 9. The minimum atomic E-state index is -0.1000. The fourth-order valence-corrected chi connectivity index (χ4v) is 12.8. The first kappa shape index (κ1) is 47.3. The van der Waals surface area contributed by atoms with Crippen LogP contribution in [0.5, 0.6) is 0 Å². The van der Waals surface area contributed by atoms with Gasteiger partial charge in [0.05, 0.1) is 28.5 Å². The molecule has 4 heterocycles. The van der Waals surface area contributed by atoms with Crippen molar-refractivity contribution in [1.29, 1.82) is 0 Å². The Kier molecular flexibility index (Phi) is 11.3. The molecular weight excluding hydrogens is 999 g/mol. The van der Waals surface area contributed by atoms with Crippen LogP contribution in [0, 0.1) is 0 Å². The second-order valence-electron chi connectivity index (χ2n) is 21.3. The molecule has 3 aliphatic rings. The maximum atomic E-state index is 7.67. The van der Waals surface area contributed by atoms with Gasteiger partial charge in [0.15, 0.2) is 0 Å². The number of aliphatic imine (C=N–C) groups is 1. The van der Waals surface area contributed by atoms with E-state index in [-0.39, 0.29) is 6.04 Å². The highest BCUT2D eigenvalue weighted by molar-refractivity contribution is 6.38. The van der Waals surface area contributed by atoms with Crippen molar-refractivity contribution in [1.82, 2.24) is 0 Å². The molecule has 0 saturated heterocycles. The van der Waals surface area contributed by atoms with Crippen molar-refractivity contribution in [2.24, 2.45) is 4.99 Å². The van der Waals surface area contributed by atoms with Crippen LogP contribution >= 0.6 is 0 Å². The van der Waals surface area contributed by atoms with E-state index in [1.165, 1.54) is 27.8 Å². The number of hydrogen-bond acceptors (Lipinski definition) is 5. The lowest BCUT2D eigenvalue weighted by Gasteiger charge is -2.36. The van der Waals surface area contributed by atoms with Crippen LogP contribution in [0.3, 0.4) is 0 Å². The molecule has 0 saturated carbocycles. The Labute approximate surface area is 474 Å². The lowest BCUT2D eigenvalue weighted by molar-refractivity contribution is 0.668. The summed E-state index contributed by atoms with van der Waals surface area (Å²) in [5, 5.41) is 8.26. The third-order valence-corrected chi connectivity index (χ3v) is 16.6. The third kappa shape index (κ3) is 7.96. The maximum absolute atomic E-state index is 7.67. The van der Waals surface area contributed by atoms with E-state index in [1.54, 1.807) is 0 Å². The molecule has 0 radical (unpaired) electrons. The fraction of sp³-hybridized carbons (Fsp3) is 0.0260. The Morgan fingerprint density at radius 3 is 1.67 bits per heavy atom. The van der Waals surface area contributed by atoms with Crippen LogP contribution in [0.1, 0.15) is 22.3 Å². The van der Waals surface area contributed by atoms with Crippen LogP contribution in [0.4, 0.5) is 17.1 Å². The molecule has 0 fully saturated rings. The third-order valence-electron chi connectivity index (χ3n) is 16.6. The largest absolute Gasteiger partial charge is 0.455 e. The number of furan rings is 2. The quantitative estimate of drug-likeness (QED) is 0.107. The van der Waals surface area contributed by atoms with E-state index in [0.717, 1.165) is 122 Å². The van der Waals surface area contributed by atoms with E-state index in [4.69, 9.17) is 13.8 Å². The molecule has 1 aliphatic carbocycles. The monoisotopic (exact) mass is 1050 g/mol. The topological polar surface area (TPSA) is 45.1 Å². The molecule has 13 aromatic rings. The van der Waals surface area contributed by atoms with Gasteiger partial charge in [-0.2, -0.15) is 0 Å². The smallest absolute Gasteiger partial charge is 0.146 e. The summed E-state index contributed by atoms with van der Waals surface area (Å²) in [5.41, 5.74) is 19.3. The average molecular weight is 1050 g/mol. The lowest BCUT2D eigenvalue weighted by Crippen LogP contribution is -2.34. The zero-order valence-electron chi connectivity index (χ0n) is 44.7. The fourth-order valence-electron chi connectivity index (χ4n) is 12.8. The number of fused-ring (bicyclic) bond motifs is 12. The van der Waals surface area contributed by atoms with Gasteiger partial charge in [-0.15, -0.1) is 0 Å². The molecule has 0 amide bonds. The molecule has 16 rings (SSSR count). The van der Waals surface area contributed by atoms with E-state index >= 15 is 0 Å². The van der Waals surface area contributed by atoms with Crippen LogP contribution in [0.15, 0.2) is 311 Å². The first-order valence-corrected chi connectivity index (χ1v) is 28.1. The molecule has 0 spiro atoms. The standard InChI is InChI=1S/C77H51N3O2/c1-7-22-50(23-8-1)55-38-40-62-69(46-55)82-77-72(62)68(80-43-21-36-61-60(35-19-37-66(61)80)53-28-13-4-14-29-53)48-64-67(79-42-20-32-57(49-79)52-26-11-3-12-27-52)45-58-44-65(75(54-30-15-5-16-31-54)78-59-33-17-6-18-34-59)76-73(71(58)74(64)77)63-41-39-56(47-70(63)81-76)51-24-9-2-10-25-51/h1-48,66H,49H2/b78-75-. The van der Waals surface area contributed by atoms with E-state index in [1.807, 2.05) is 18.2 Å². The van der Waals surface area contributed by atoms with Gasteiger partial charge in [-0.25, -0.2) is 4.99 Å². The first-order chi connectivity index (χ1) is 40.7. The van der Waals surface area contributed by atoms with E-state index in [9.17, 15) is 0 Å². The number of anilines is 2. The summed E-state index contributed by atoms with van der Waals surface area (Å²) in [5.74, 6) is 0. The van der Waals surface area contributed by atoms with Gasteiger partial charge < -0.3 is 18.6 Å². The summed E-state index contributed by atoms with van der Waals surface area (Å²) in [6.07, 6.45) is 20.2. The molecule has 5 heteroatoms. The van der Waals surface area contributed by atoms with Gasteiger partial charge in [-0.1, -0.05) is 212 Å². The predicted molar refractivity (Wildman–Crippen MR) is 343 cm³/mol. The molecule has 0 bridgehead atoms. The highest BCUT2D eigenvalue weighted by atomic mass is 16.3. The molecule has 1 unspecified atom stereocenters. The Morgan fingerprint density at radius 1 is 0.427 bits per heavy atom. The molecule has 82 heavy (non-hydrogen) atoms. The summed E-state index contributed by atoms with van der Waals surface area (Å²) >= 11 is 0. The molecule has 386 valence electrons. The van der Waals surface area contributed by atoms with E-state index < -0.39 is 0 Å². The van der Waals surface area contributed by atoms with Crippen LogP contribution < -0.4 is 9.80 Å². The van der Waals surface area contributed by atoms with Crippen LogP contribution in [-0.2, 0) is 0 Å². The van der Waals surface area contributed by atoms with Crippen molar-refractivity contribution in [2.75, 3.05) is 16.3 Å². The van der Waals surface area contributed by atoms with Crippen LogP contribution in [0.2, 0.25) is 0 Å². The molecule has 0 N–H and O–H groups in total. The van der Waals surface area contributed by atoms with Crippen molar-refractivity contribution < 1.29 is 8.83 Å². The first-order valence-electron chi connectivity index (χ1n) is 28.1. The number of nitrogens with zero attached hydrogens (tertiary/aromatic N) is 3. The average Bonchev–Trinajstić information content (AvgIpc) is 3.49. The minimum Gasteiger partial charge on any atom is -0.455 e. The van der Waals surface area contributed by atoms with Gasteiger partial charge in [0, 0.05) is 68.1 Å². The van der Waals surface area contributed by atoms with Gasteiger partial charge in [-0.05, 0) is 122 Å². The SMILES string of the molecule is C1=CC2C(=CC=CN2c2cc3c(N4C=CC=C(c5ccccc5)C4)cc4cc(/C(=N\c5ccccc5)c5ccccc5)c5oc6cc(-c7ccccc7)ccc6c5c4c3c3oc4cc(-c5ccccc5)ccc4c23)C(c2ccccc2)=C1. The Hall–Kier alpha value is -10.8. The summed E-state index contributed by atoms with van der Waals surface area (Å²) in [6, 6.07) is 83.9. The van der Waals surface area contributed by atoms with Crippen molar-refractivity contribution in [2.45, 2.75) is 6.04 Å². The van der Waals surface area contributed by atoms with Gasteiger partial charge in [0.1, 0.15) is 22.3 Å². The normalized spacial score (nSPS) is 15.2. The Balaban J connectivity index is 1.05. The van der Waals surface area contributed by atoms with Crippen molar-refractivity contribution in [3.8, 4) is 22.3 Å².